The fourth-order valence-corrected chi connectivity index (χ4v) is 5.58. The highest BCUT2D eigenvalue weighted by molar-refractivity contribution is 6.08. The Morgan fingerprint density at radius 3 is 1.67 bits per heavy atom. The van der Waals surface area contributed by atoms with Crippen molar-refractivity contribution in [2.75, 3.05) is 0 Å². The highest BCUT2D eigenvalue weighted by atomic mass is 15.0. The summed E-state index contributed by atoms with van der Waals surface area (Å²) in [4.78, 5) is 9.55. The van der Waals surface area contributed by atoms with Gasteiger partial charge in [-0.15, -0.1) is 0 Å². The molecule has 7 rings (SSSR count). The lowest BCUT2D eigenvalue weighted by atomic mass is 9.86. The second-order valence-corrected chi connectivity index (χ2v) is 10.9. The van der Waals surface area contributed by atoms with Crippen LogP contribution in [0.25, 0.3) is 55.2 Å². The molecule has 0 aliphatic carbocycles. The van der Waals surface area contributed by atoms with Gasteiger partial charge in [-0.2, -0.15) is 0 Å². The van der Waals surface area contributed by atoms with E-state index in [2.05, 4.69) is 110 Å². The van der Waals surface area contributed by atoms with Gasteiger partial charge in [0.05, 0.1) is 33.1 Å². The first-order valence-electron chi connectivity index (χ1n) is 13.8. The zero-order valence-electron chi connectivity index (χ0n) is 23.5. The Morgan fingerprint density at radius 1 is 0.564 bits per heavy atom. The summed E-state index contributed by atoms with van der Waals surface area (Å²) in [5.74, 6) is 0. The van der Waals surface area contributed by atoms with Crippen LogP contribution in [-0.4, -0.2) is 19.1 Å². The zero-order chi connectivity index (χ0) is 27.3. The van der Waals surface area contributed by atoms with Gasteiger partial charge in [-0.05, 0) is 84.6 Å². The lowest BCUT2D eigenvalue weighted by Crippen LogP contribution is -2.10. The standard InChI is InChI=1S/C33H28N4.C2H6/c1-21-12-14-27-25(18-21)31-29(10-6-16-34-31)36(27)23-8-5-9-24(20-23)37-28-15-13-22(33(2,3)4)19-26(28)32-30(37)11-7-17-35-32;1-2/h5-20H,1-4H3;1-2H3. The number of pyridine rings is 2. The molecule has 39 heavy (non-hydrogen) atoms. The SMILES string of the molecule is CC.Cc1ccc2c(c1)c1ncccc1n2-c1cccc(-n2c3ccc(C(C)(C)C)cc3c3ncccc32)c1. The Kier molecular flexibility index (Phi) is 5.99. The van der Waals surface area contributed by atoms with Crippen molar-refractivity contribution in [3.63, 3.8) is 0 Å². The van der Waals surface area contributed by atoms with Gasteiger partial charge in [-0.1, -0.05) is 58.4 Å². The van der Waals surface area contributed by atoms with Gasteiger partial charge in [0.2, 0.25) is 0 Å². The van der Waals surface area contributed by atoms with Crippen LogP contribution >= 0.6 is 0 Å². The van der Waals surface area contributed by atoms with Crippen LogP contribution in [0.5, 0.6) is 0 Å². The molecule has 0 saturated heterocycles. The number of benzene rings is 3. The van der Waals surface area contributed by atoms with Crippen molar-refractivity contribution in [3.05, 3.63) is 108 Å². The van der Waals surface area contributed by atoms with Crippen molar-refractivity contribution in [3.8, 4) is 11.4 Å². The maximum absolute atomic E-state index is 4.81. The molecule has 4 aromatic heterocycles. The van der Waals surface area contributed by atoms with Crippen LogP contribution in [0.3, 0.4) is 0 Å². The Morgan fingerprint density at radius 2 is 1.10 bits per heavy atom. The molecular weight excluding hydrogens is 476 g/mol. The predicted octanol–water partition coefficient (Wildman–Crippen LogP) is 9.30. The summed E-state index contributed by atoms with van der Waals surface area (Å²) in [7, 11) is 0. The number of hydrogen-bond donors (Lipinski definition) is 0. The third-order valence-electron chi connectivity index (χ3n) is 7.41. The van der Waals surface area contributed by atoms with E-state index in [1.165, 1.54) is 27.4 Å². The van der Waals surface area contributed by atoms with Crippen LogP contribution in [0.1, 0.15) is 45.7 Å². The molecule has 0 fully saturated rings. The van der Waals surface area contributed by atoms with Crippen LogP contribution in [0, 0.1) is 6.92 Å². The van der Waals surface area contributed by atoms with E-state index in [0.717, 1.165) is 39.0 Å². The van der Waals surface area contributed by atoms with Gasteiger partial charge in [-0.25, -0.2) is 0 Å². The summed E-state index contributed by atoms with van der Waals surface area (Å²) in [6.45, 7) is 12.9. The average molecular weight is 511 g/mol. The van der Waals surface area contributed by atoms with Gasteiger partial charge >= 0.3 is 0 Å². The molecule has 0 saturated carbocycles. The first-order chi connectivity index (χ1) is 18.9. The van der Waals surface area contributed by atoms with E-state index in [9.17, 15) is 0 Å². The van der Waals surface area contributed by atoms with E-state index < -0.39 is 0 Å². The maximum atomic E-state index is 4.81. The molecule has 194 valence electrons. The van der Waals surface area contributed by atoms with Gasteiger partial charge in [0.1, 0.15) is 0 Å². The maximum Gasteiger partial charge on any atom is 0.0963 e. The molecule has 4 heterocycles. The summed E-state index contributed by atoms with van der Waals surface area (Å²) >= 11 is 0. The minimum Gasteiger partial charge on any atom is -0.308 e. The van der Waals surface area contributed by atoms with E-state index in [0.29, 0.717) is 0 Å². The van der Waals surface area contributed by atoms with E-state index in [1.807, 2.05) is 38.4 Å². The molecule has 0 radical (unpaired) electrons. The smallest absolute Gasteiger partial charge is 0.0963 e. The molecule has 0 N–H and O–H groups in total. The fourth-order valence-electron chi connectivity index (χ4n) is 5.58. The molecule has 0 amide bonds. The van der Waals surface area contributed by atoms with Crippen LogP contribution in [0.2, 0.25) is 0 Å². The number of hydrogen-bond acceptors (Lipinski definition) is 2. The topological polar surface area (TPSA) is 35.6 Å². The number of aromatic nitrogens is 4. The van der Waals surface area contributed by atoms with Crippen LogP contribution < -0.4 is 0 Å². The van der Waals surface area contributed by atoms with E-state index >= 15 is 0 Å². The number of rotatable bonds is 2. The summed E-state index contributed by atoms with van der Waals surface area (Å²) in [6.07, 6.45) is 3.77. The lowest BCUT2D eigenvalue weighted by Gasteiger charge is -2.19. The molecular formula is C35H34N4. The monoisotopic (exact) mass is 510 g/mol. The van der Waals surface area contributed by atoms with E-state index in [1.54, 1.807) is 0 Å². The largest absolute Gasteiger partial charge is 0.308 e. The molecule has 0 unspecified atom stereocenters. The summed E-state index contributed by atoms with van der Waals surface area (Å²) < 4.78 is 4.66. The minimum absolute atomic E-state index is 0.0697. The van der Waals surface area contributed by atoms with Gasteiger partial charge in [-0.3, -0.25) is 9.97 Å². The number of nitrogens with zero attached hydrogens (tertiary/aromatic N) is 4. The first kappa shape index (κ1) is 24.9. The fraction of sp³-hybridized carbons (Fsp3) is 0.200. The quantitative estimate of drug-likeness (QED) is 0.232. The highest BCUT2D eigenvalue weighted by Crippen LogP contribution is 2.36. The Hall–Kier alpha value is -4.44. The number of fused-ring (bicyclic) bond motifs is 6. The molecule has 0 aliphatic heterocycles. The van der Waals surface area contributed by atoms with Gasteiger partial charge in [0, 0.05) is 34.5 Å². The van der Waals surface area contributed by atoms with Crippen molar-refractivity contribution >= 4 is 43.9 Å². The minimum atomic E-state index is 0.0697. The van der Waals surface area contributed by atoms with Crippen molar-refractivity contribution in [1.29, 1.82) is 0 Å². The first-order valence-corrected chi connectivity index (χ1v) is 13.8. The molecule has 0 atom stereocenters. The van der Waals surface area contributed by atoms with Gasteiger partial charge in [0.15, 0.2) is 0 Å². The van der Waals surface area contributed by atoms with Crippen molar-refractivity contribution in [2.45, 2.75) is 47.0 Å². The van der Waals surface area contributed by atoms with Gasteiger partial charge < -0.3 is 9.13 Å². The normalized spacial score (nSPS) is 11.8. The molecule has 7 aromatic rings. The summed E-state index contributed by atoms with van der Waals surface area (Å²) in [6, 6.07) is 30.6. The second kappa shape index (κ2) is 9.39. The van der Waals surface area contributed by atoms with Crippen LogP contribution in [0.15, 0.2) is 97.3 Å². The second-order valence-electron chi connectivity index (χ2n) is 10.9. The Balaban J connectivity index is 0.00000135. The summed E-state index contributed by atoms with van der Waals surface area (Å²) in [5, 5.41) is 2.36. The Bertz CT molecular complexity index is 1980. The molecule has 0 bridgehead atoms. The van der Waals surface area contributed by atoms with Crippen LogP contribution in [-0.2, 0) is 5.41 Å². The van der Waals surface area contributed by atoms with Crippen molar-refractivity contribution < 1.29 is 0 Å². The molecule has 4 nitrogen and oxygen atoms in total. The molecule has 0 spiro atoms. The Labute approximate surface area is 229 Å². The number of aryl methyl sites for hydroxylation is 1. The van der Waals surface area contributed by atoms with E-state index in [4.69, 9.17) is 9.97 Å². The van der Waals surface area contributed by atoms with Crippen molar-refractivity contribution in [1.82, 2.24) is 19.1 Å². The van der Waals surface area contributed by atoms with Gasteiger partial charge in [0.25, 0.3) is 0 Å². The molecule has 4 heteroatoms. The molecule has 3 aromatic carbocycles. The molecule has 0 aliphatic rings. The summed E-state index contributed by atoms with van der Waals surface area (Å²) in [5.41, 5.74) is 11.4. The average Bonchev–Trinajstić information content (AvgIpc) is 3.46. The third kappa shape index (κ3) is 3.99. The highest BCUT2D eigenvalue weighted by Gasteiger charge is 2.19. The van der Waals surface area contributed by atoms with E-state index in [-0.39, 0.29) is 5.41 Å². The zero-order valence-corrected chi connectivity index (χ0v) is 23.5. The van der Waals surface area contributed by atoms with Crippen LogP contribution in [0.4, 0.5) is 0 Å². The third-order valence-corrected chi connectivity index (χ3v) is 7.41. The predicted molar refractivity (Wildman–Crippen MR) is 165 cm³/mol. The van der Waals surface area contributed by atoms with Crippen molar-refractivity contribution in [2.24, 2.45) is 0 Å². The lowest BCUT2D eigenvalue weighted by molar-refractivity contribution is 0.591.